The molecule has 1 atom stereocenters. The number of unbranched alkanes of at least 4 members (excludes halogenated alkanes) is 1. The van der Waals surface area contributed by atoms with Gasteiger partial charge < -0.3 is 10.5 Å². The Hall–Kier alpha value is -0.570. The first-order valence-electron chi connectivity index (χ1n) is 9.58. The fourth-order valence-electron chi connectivity index (χ4n) is 5.33. The van der Waals surface area contributed by atoms with Crippen molar-refractivity contribution in [1.29, 1.82) is 0 Å². The third-order valence-corrected chi connectivity index (χ3v) is 7.00. The molecule has 2 nitrogen and oxygen atoms in total. The summed E-state index contributed by atoms with van der Waals surface area (Å²) in [7, 11) is 0. The van der Waals surface area contributed by atoms with Crippen LogP contribution in [0.15, 0.2) is 24.3 Å². The summed E-state index contributed by atoms with van der Waals surface area (Å²) in [6, 6.07) is 8.56. The van der Waals surface area contributed by atoms with E-state index in [2.05, 4.69) is 26.0 Å². The minimum atomic E-state index is -0.0549. The first-order chi connectivity index (χ1) is 11.5. The predicted octanol–water partition coefficient (Wildman–Crippen LogP) is 5.47. The molecule has 0 aromatic heterocycles. The van der Waals surface area contributed by atoms with Crippen molar-refractivity contribution in [3.05, 3.63) is 34.9 Å². The van der Waals surface area contributed by atoms with Crippen molar-refractivity contribution in [3.8, 4) is 0 Å². The third-order valence-electron chi connectivity index (χ3n) is 6.75. The van der Waals surface area contributed by atoms with Crippen LogP contribution in [-0.4, -0.2) is 18.8 Å². The lowest BCUT2D eigenvalue weighted by Crippen LogP contribution is -2.62. The number of rotatable bonds is 7. The van der Waals surface area contributed by atoms with E-state index in [0.717, 1.165) is 31.0 Å². The average Bonchev–Trinajstić information content (AvgIpc) is 2.80. The highest BCUT2D eigenvalue weighted by molar-refractivity contribution is 6.30. The largest absolute Gasteiger partial charge is 0.374 e. The van der Waals surface area contributed by atoms with Crippen LogP contribution >= 0.6 is 11.6 Å². The molecule has 1 aromatic carbocycles. The Bertz CT molecular complexity index is 549. The zero-order chi connectivity index (χ0) is 17.3. The summed E-state index contributed by atoms with van der Waals surface area (Å²) >= 11 is 6.15. The molecule has 24 heavy (non-hydrogen) atoms. The molecule has 0 radical (unpaired) electrons. The SMILES string of the molecule is CC1(C)CCCC1(OCCCCN)C1(c2ccc(Cl)cc2)CCC1. The maximum atomic E-state index is 6.81. The van der Waals surface area contributed by atoms with Gasteiger partial charge in [0.15, 0.2) is 0 Å². The molecule has 0 spiro atoms. The summed E-state index contributed by atoms with van der Waals surface area (Å²) in [5.74, 6) is 0. The molecule has 1 unspecified atom stereocenters. The van der Waals surface area contributed by atoms with E-state index in [0.29, 0.717) is 0 Å². The van der Waals surface area contributed by atoms with Gasteiger partial charge in [0.05, 0.1) is 5.60 Å². The Morgan fingerprint density at radius 1 is 1.00 bits per heavy atom. The number of benzene rings is 1. The van der Waals surface area contributed by atoms with E-state index in [9.17, 15) is 0 Å². The number of halogens is 1. The molecule has 2 N–H and O–H groups in total. The fraction of sp³-hybridized carbons (Fsp3) is 0.714. The van der Waals surface area contributed by atoms with Crippen LogP contribution in [0.2, 0.25) is 5.02 Å². The van der Waals surface area contributed by atoms with Gasteiger partial charge in [0.25, 0.3) is 0 Å². The summed E-state index contributed by atoms with van der Waals surface area (Å²) in [6.07, 6.45) is 9.55. The molecular formula is C21H32ClNO. The second kappa shape index (κ2) is 6.97. The molecule has 2 aliphatic carbocycles. The standard InChI is InChI=1S/C21H32ClNO/c1-19(2)11-5-14-21(19,24-16-4-3-15-23)20(12-6-13-20)17-7-9-18(22)10-8-17/h7-10H,3-6,11-16,23H2,1-2H3. The number of ether oxygens (including phenoxy) is 1. The second-order valence-corrected chi connectivity index (χ2v) is 8.79. The minimum absolute atomic E-state index is 0.0549. The third kappa shape index (κ3) is 2.81. The molecule has 0 amide bonds. The van der Waals surface area contributed by atoms with E-state index >= 15 is 0 Å². The van der Waals surface area contributed by atoms with Gasteiger partial charge in [-0.3, -0.25) is 0 Å². The van der Waals surface area contributed by atoms with Crippen LogP contribution in [0.3, 0.4) is 0 Å². The summed E-state index contributed by atoms with van der Waals surface area (Å²) in [4.78, 5) is 0. The molecule has 3 rings (SSSR count). The smallest absolute Gasteiger partial charge is 0.0829 e. The maximum Gasteiger partial charge on any atom is 0.0829 e. The average molecular weight is 350 g/mol. The van der Waals surface area contributed by atoms with E-state index in [-0.39, 0.29) is 16.4 Å². The van der Waals surface area contributed by atoms with Gasteiger partial charge in [-0.15, -0.1) is 0 Å². The summed E-state index contributed by atoms with van der Waals surface area (Å²) in [6.45, 7) is 6.41. The Balaban J connectivity index is 1.95. The van der Waals surface area contributed by atoms with Gasteiger partial charge >= 0.3 is 0 Å². The fourth-order valence-corrected chi connectivity index (χ4v) is 5.46. The molecular weight excluding hydrogens is 318 g/mol. The Kier molecular flexibility index (Phi) is 5.30. The van der Waals surface area contributed by atoms with Gasteiger partial charge in [0.2, 0.25) is 0 Å². The highest BCUT2D eigenvalue weighted by Gasteiger charge is 2.64. The van der Waals surface area contributed by atoms with Crippen LogP contribution in [0.1, 0.15) is 70.8 Å². The molecule has 0 aliphatic heterocycles. The van der Waals surface area contributed by atoms with Gasteiger partial charge in [-0.05, 0) is 74.6 Å². The van der Waals surface area contributed by atoms with Crippen molar-refractivity contribution in [2.45, 2.75) is 76.2 Å². The number of hydrogen-bond acceptors (Lipinski definition) is 2. The van der Waals surface area contributed by atoms with Crippen LogP contribution in [0.5, 0.6) is 0 Å². The quantitative estimate of drug-likeness (QED) is 0.663. The predicted molar refractivity (Wildman–Crippen MR) is 102 cm³/mol. The Morgan fingerprint density at radius 2 is 1.67 bits per heavy atom. The molecule has 2 fully saturated rings. The summed E-state index contributed by atoms with van der Waals surface area (Å²) in [5, 5.41) is 0.816. The lowest BCUT2D eigenvalue weighted by Gasteiger charge is -2.60. The number of hydrogen-bond donors (Lipinski definition) is 1. The van der Waals surface area contributed by atoms with E-state index in [1.807, 2.05) is 12.1 Å². The van der Waals surface area contributed by atoms with Crippen molar-refractivity contribution in [1.82, 2.24) is 0 Å². The molecule has 2 aliphatic rings. The van der Waals surface area contributed by atoms with Gasteiger partial charge in [0, 0.05) is 17.0 Å². The molecule has 0 saturated heterocycles. The van der Waals surface area contributed by atoms with Crippen LogP contribution in [0.25, 0.3) is 0 Å². The minimum Gasteiger partial charge on any atom is -0.374 e. The Labute approximate surface area is 152 Å². The molecule has 2 saturated carbocycles. The highest BCUT2D eigenvalue weighted by Crippen LogP contribution is 2.64. The van der Waals surface area contributed by atoms with Crippen LogP contribution < -0.4 is 5.73 Å². The van der Waals surface area contributed by atoms with Crippen LogP contribution in [-0.2, 0) is 10.2 Å². The van der Waals surface area contributed by atoms with E-state index in [4.69, 9.17) is 22.1 Å². The van der Waals surface area contributed by atoms with Crippen molar-refractivity contribution in [2.75, 3.05) is 13.2 Å². The van der Waals surface area contributed by atoms with Gasteiger partial charge in [0.1, 0.15) is 0 Å². The highest BCUT2D eigenvalue weighted by atomic mass is 35.5. The van der Waals surface area contributed by atoms with Crippen molar-refractivity contribution in [3.63, 3.8) is 0 Å². The molecule has 3 heteroatoms. The number of nitrogens with two attached hydrogens (primary N) is 1. The topological polar surface area (TPSA) is 35.2 Å². The van der Waals surface area contributed by atoms with E-state index in [1.54, 1.807) is 0 Å². The van der Waals surface area contributed by atoms with E-state index in [1.165, 1.54) is 44.1 Å². The molecule has 0 bridgehead atoms. The molecule has 0 heterocycles. The lowest BCUT2D eigenvalue weighted by atomic mass is 9.49. The van der Waals surface area contributed by atoms with Crippen LogP contribution in [0, 0.1) is 5.41 Å². The van der Waals surface area contributed by atoms with Crippen molar-refractivity contribution < 1.29 is 4.74 Å². The zero-order valence-electron chi connectivity index (χ0n) is 15.2. The van der Waals surface area contributed by atoms with Crippen LogP contribution in [0.4, 0.5) is 0 Å². The van der Waals surface area contributed by atoms with Crippen molar-refractivity contribution >= 4 is 11.6 Å². The maximum absolute atomic E-state index is 6.81. The first-order valence-corrected chi connectivity index (χ1v) is 9.95. The summed E-state index contributed by atoms with van der Waals surface area (Å²) in [5.41, 5.74) is 7.39. The van der Waals surface area contributed by atoms with Gasteiger partial charge in [-0.1, -0.05) is 44.0 Å². The van der Waals surface area contributed by atoms with Gasteiger partial charge in [-0.2, -0.15) is 0 Å². The van der Waals surface area contributed by atoms with E-state index < -0.39 is 0 Å². The first kappa shape index (κ1) is 18.2. The van der Waals surface area contributed by atoms with Gasteiger partial charge in [-0.25, -0.2) is 0 Å². The Morgan fingerprint density at radius 3 is 2.17 bits per heavy atom. The normalized spacial score (nSPS) is 27.8. The van der Waals surface area contributed by atoms with Crippen molar-refractivity contribution in [2.24, 2.45) is 11.1 Å². The molecule has 1 aromatic rings. The molecule has 134 valence electrons. The second-order valence-electron chi connectivity index (χ2n) is 8.35. The summed E-state index contributed by atoms with van der Waals surface area (Å²) < 4.78 is 6.81. The zero-order valence-corrected chi connectivity index (χ0v) is 16.0. The monoisotopic (exact) mass is 349 g/mol. The lowest BCUT2D eigenvalue weighted by molar-refractivity contribution is -0.179.